The van der Waals surface area contributed by atoms with Crippen molar-refractivity contribution >= 4 is 43.8 Å². The summed E-state index contributed by atoms with van der Waals surface area (Å²) in [6.07, 6.45) is 1.13. The van der Waals surface area contributed by atoms with Crippen LogP contribution in [0.2, 0.25) is 5.02 Å². The highest BCUT2D eigenvalue weighted by Crippen LogP contribution is 2.34. The highest BCUT2D eigenvalue weighted by Gasteiger charge is 2.23. The fourth-order valence-corrected chi connectivity index (χ4v) is 4.13. The van der Waals surface area contributed by atoms with Gasteiger partial charge < -0.3 is 10.6 Å². The van der Waals surface area contributed by atoms with Gasteiger partial charge in [0.05, 0.1) is 0 Å². The molecule has 8 heteroatoms. The zero-order valence-electron chi connectivity index (χ0n) is 11.0. The van der Waals surface area contributed by atoms with E-state index in [0.717, 1.165) is 23.4 Å². The average Bonchev–Trinajstić information content (AvgIpc) is 2.74. The minimum Gasteiger partial charge on any atom is -0.382 e. The van der Waals surface area contributed by atoms with Gasteiger partial charge in [0.1, 0.15) is 9.90 Å². The summed E-state index contributed by atoms with van der Waals surface area (Å²) in [6, 6.07) is 7.37. The van der Waals surface area contributed by atoms with Crippen molar-refractivity contribution in [3.63, 3.8) is 0 Å². The van der Waals surface area contributed by atoms with Crippen LogP contribution in [-0.2, 0) is 16.4 Å². The van der Waals surface area contributed by atoms with E-state index in [9.17, 15) is 8.42 Å². The van der Waals surface area contributed by atoms with Crippen molar-refractivity contribution in [2.45, 2.75) is 11.4 Å². The maximum Gasteiger partial charge on any atom is 0.182 e. The van der Waals surface area contributed by atoms with Crippen LogP contribution >= 0.6 is 23.1 Å². The zero-order valence-corrected chi connectivity index (χ0v) is 13.4. The van der Waals surface area contributed by atoms with Gasteiger partial charge in [-0.2, -0.15) is 4.37 Å². The Morgan fingerprint density at radius 2 is 1.95 bits per heavy atom. The third kappa shape index (κ3) is 3.23. The molecule has 0 unspecified atom stereocenters. The Kier molecular flexibility index (Phi) is 4.22. The van der Waals surface area contributed by atoms with Gasteiger partial charge in [0, 0.05) is 24.9 Å². The summed E-state index contributed by atoms with van der Waals surface area (Å²) in [4.78, 5) is 1.91. The van der Waals surface area contributed by atoms with Gasteiger partial charge in [0.15, 0.2) is 15.7 Å². The predicted octanol–water partition coefficient (Wildman–Crippen LogP) is 2.42. The predicted molar refractivity (Wildman–Crippen MR) is 83.2 cm³/mol. The van der Waals surface area contributed by atoms with E-state index in [1.807, 2.05) is 17.0 Å². The van der Waals surface area contributed by atoms with E-state index in [1.54, 1.807) is 19.2 Å². The first-order chi connectivity index (χ1) is 9.29. The van der Waals surface area contributed by atoms with E-state index in [0.29, 0.717) is 16.6 Å². The van der Waals surface area contributed by atoms with E-state index in [1.165, 1.54) is 0 Å². The van der Waals surface area contributed by atoms with Crippen molar-refractivity contribution in [3.8, 4) is 0 Å². The number of nitrogens with two attached hydrogens (primary N) is 1. The largest absolute Gasteiger partial charge is 0.382 e. The molecule has 1 aromatic carbocycles. The lowest BCUT2D eigenvalue weighted by Crippen LogP contribution is -2.17. The lowest BCUT2D eigenvalue weighted by atomic mass is 10.2. The molecular weight excluding hydrogens is 318 g/mol. The molecule has 0 spiro atoms. The number of anilines is 2. The number of halogens is 1. The topological polar surface area (TPSA) is 76.3 Å². The Labute approximate surface area is 127 Å². The van der Waals surface area contributed by atoms with Crippen molar-refractivity contribution < 1.29 is 8.42 Å². The fraction of sp³-hybridized carbons (Fsp3) is 0.250. The number of rotatable bonds is 4. The van der Waals surface area contributed by atoms with Crippen molar-refractivity contribution in [1.82, 2.24) is 4.37 Å². The standard InChI is InChI=1S/C12H14ClN3O2S2/c1-16(7-8-3-5-9(13)6-4-8)12-10(20(2,17)18)11(14)15-19-12/h3-6H,7H2,1-2H3,(H2,14,15). The third-order valence-corrected chi connectivity index (χ3v) is 5.21. The Morgan fingerprint density at radius 3 is 2.50 bits per heavy atom. The maximum absolute atomic E-state index is 11.8. The van der Waals surface area contributed by atoms with Gasteiger partial charge in [-0.25, -0.2) is 8.42 Å². The molecule has 0 amide bonds. The molecule has 0 saturated carbocycles. The molecule has 1 aromatic heterocycles. The molecule has 0 atom stereocenters. The maximum atomic E-state index is 11.8. The Balaban J connectivity index is 2.30. The molecular formula is C12H14ClN3O2S2. The molecule has 0 fully saturated rings. The number of nitrogen functional groups attached to an aromatic ring is 1. The van der Waals surface area contributed by atoms with E-state index in [2.05, 4.69) is 4.37 Å². The van der Waals surface area contributed by atoms with Gasteiger partial charge in [0.25, 0.3) is 0 Å². The van der Waals surface area contributed by atoms with Crippen LogP contribution in [0, 0.1) is 0 Å². The minimum atomic E-state index is -3.40. The number of aromatic nitrogens is 1. The molecule has 2 rings (SSSR count). The second-order valence-electron chi connectivity index (χ2n) is 4.46. The van der Waals surface area contributed by atoms with E-state index in [-0.39, 0.29) is 10.7 Å². The van der Waals surface area contributed by atoms with Crippen molar-refractivity contribution in [2.24, 2.45) is 0 Å². The number of hydrogen-bond donors (Lipinski definition) is 1. The molecule has 2 N–H and O–H groups in total. The van der Waals surface area contributed by atoms with Gasteiger partial charge in [-0.1, -0.05) is 23.7 Å². The number of benzene rings is 1. The molecule has 20 heavy (non-hydrogen) atoms. The van der Waals surface area contributed by atoms with Crippen LogP contribution in [-0.4, -0.2) is 26.1 Å². The zero-order chi connectivity index (χ0) is 14.9. The van der Waals surface area contributed by atoms with Gasteiger partial charge >= 0.3 is 0 Å². The molecule has 0 saturated heterocycles. The van der Waals surface area contributed by atoms with E-state index in [4.69, 9.17) is 17.3 Å². The monoisotopic (exact) mass is 331 g/mol. The highest BCUT2D eigenvalue weighted by molar-refractivity contribution is 7.91. The lowest BCUT2D eigenvalue weighted by molar-refractivity contribution is 0.602. The van der Waals surface area contributed by atoms with E-state index >= 15 is 0 Å². The smallest absolute Gasteiger partial charge is 0.182 e. The first-order valence-corrected chi connectivity index (χ1v) is 8.74. The van der Waals surface area contributed by atoms with Gasteiger partial charge in [-0.05, 0) is 29.2 Å². The lowest BCUT2D eigenvalue weighted by Gasteiger charge is -2.18. The molecule has 0 aliphatic heterocycles. The first kappa shape index (κ1) is 15.1. The summed E-state index contributed by atoms with van der Waals surface area (Å²) < 4.78 is 27.5. The molecule has 0 radical (unpaired) electrons. The minimum absolute atomic E-state index is 0.0513. The molecule has 0 aliphatic carbocycles. The summed E-state index contributed by atoms with van der Waals surface area (Å²) in [5, 5.41) is 1.20. The Hall–Kier alpha value is -1.31. The second kappa shape index (κ2) is 5.59. The van der Waals surface area contributed by atoms with Crippen LogP contribution < -0.4 is 10.6 Å². The second-order valence-corrected chi connectivity index (χ2v) is 7.60. The van der Waals surface area contributed by atoms with Gasteiger partial charge in [0.2, 0.25) is 0 Å². The van der Waals surface area contributed by atoms with Crippen LogP contribution in [0.15, 0.2) is 29.2 Å². The first-order valence-electron chi connectivity index (χ1n) is 5.70. The molecule has 0 bridgehead atoms. The SMILES string of the molecule is CN(Cc1ccc(Cl)cc1)c1snc(N)c1S(C)(=O)=O. The third-order valence-electron chi connectivity index (χ3n) is 2.71. The molecule has 2 aromatic rings. The Bertz CT molecular complexity index is 711. The van der Waals surface area contributed by atoms with Gasteiger partial charge in [-0.15, -0.1) is 0 Å². The Morgan fingerprint density at radius 1 is 1.35 bits per heavy atom. The number of sulfone groups is 1. The molecule has 108 valence electrons. The van der Waals surface area contributed by atoms with Crippen LogP contribution in [0.4, 0.5) is 10.8 Å². The normalized spacial score (nSPS) is 11.6. The van der Waals surface area contributed by atoms with Crippen LogP contribution in [0.5, 0.6) is 0 Å². The average molecular weight is 332 g/mol. The molecule has 1 heterocycles. The van der Waals surface area contributed by atoms with Crippen molar-refractivity contribution in [1.29, 1.82) is 0 Å². The number of nitrogens with zero attached hydrogens (tertiary/aromatic N) is 2. The van der Waals surface area contributed by atoms with Gasteiger partial charge in [-0.3, -0.25) is 0 Å². The summed E-state index contributed by atoms with van der Waals surface area (Å²) >= 11 is 6.92. The number of hydrogen-bond acceptors (Lipinski definition) is 6. The molecule has 0 aliphatic rings. The molecule has 5 nitrogen and oxygen atoms in total. The van der Waals surface area contributed by atoms with Crippen molar-refractivity contribution in [3.05, 3.63) is 34.9 Å². The van der Waals surface area contributed by atoms with E-state index < -0.39 is 9.84 Å². The highest BCUT2D eigenvalue weighted by atomic mass is 35.5. The van der Waals surface area contributed by atoms with Crippen LogP contribution in [0.3, 0.4) is 0 Å². The van der Waals surface area contributed by atoms with Crippen molar-refractivity contribution in [2.75, 3.05) is 23.9 Å². The van der Waals surface area contributed by atoms with Crippen LogP contribution in [0.25, 0.3) is 0 Å². The fourth-order valence-electron chi connectivity index (χ4n) is 1.81. The summed E-state index contributed by atoms with van der Waals surface area (Å²) in [7, 11) is -1.60. The quantitative estimate of drug-likeness (QED) is 0.931. The summed E-state index contributed by atoms with van der Waals surface area (Å²) in [5.41, 5.74) is 6.67. The summed E-state index contributed by atoms with van der Waals surface area (Å²) in [6.45, 7) is 0.543. The van der Waals surface area contributed by atoms with Crippen LogP contribution in [0.1, 0.15) is 5.56 Å². The summed E-state index contributed by atoms with van der Waals surface area (Å²) in [5.74, 6) is 0.0513.